The number of para-hydroxylation sites is 1. The lowest BCUT2D eigenvalue weighted by Gasteiger charge is -2.31. The van der Waals surface area contributed by atoms with Gasteiger partial charge in [-0.3, -0.25) is 4.79 Å². The van der Waals surface area contributed by atoms with Crippen molar-refractivity contribution in [3.8, 4) is 0 Å². The van der Waals surface area contributed by atoms with Gasteiger partial charge in [-0.2, -0.15) is 0 Å². The Hall–Kier alpha value is -3.82. The van der Waals surface area contributed by atoms with E-state index in [0.717, 1.165) is 58.3 Å². The van der Waals surface area contributed by atoms with Crippen molar-refractivity contribution < 1.29 is 19.1 Å². The summed E-state index contributed by atoms with van der Waals surface area (Å²) in [5, 5.41) is 10.2. The van der Waals surface area contributed by atoms with E-state index in [1.807, 2.05) is 109 Å². The van der Waals surface area contributed by atoms with Crippen LogP contribution in [0.5, 0.6) is 0 Å². The number of thioether (sulfide) groups is 1. The number of alkyl carbamates (subject to hydrolysis) is 1. The molecule has 4 aromatic carbocycles. The van der Waals surface area contributed by atoms with Crippen LogP contribution in [0.2, 0.25) is 5.02 Å². The average Bonchev–Trinajstić information content (AvgIpc) is 3.08. The molecule has 1 heterocycles. The maximum atomic E-state index is 14.0. The maximum Gasteiger partial charge on any atom is 0.407 e. The number of benzene rings is 4. The molecule has 45 heavy (non-hydrogen) atoms. The van der Waals surface area contributed by atoms with Crippen LogP contribution in [-0.4, -0.2) is 56.2 Å². The standard InChI is InChI=1S/C36H38ClN3O4S/c1-43-36(42)40-34(33(26-11-4-2-5-12-26)27-13-6-3-7-14-27)35(41)39-32-15-9-8-10-25(32)16-19-29-22-38-23-30(44-29)24-45-31-20-17-28(37)18-21-31/h2-15,17-18,20-21,29-30,33-34,38H,16,19,22-24H2,1H3,(H,39,41)(H,40,42)/t29-,30+,34+/m1/s1. The molecule has 3 N–H and O–H groups in total. The van der Waals surface area contributed by atoms with Crippen LogP contribution in [0.15, 0.2) is 114 Å². The highest BCUT2D eigenvalue weighted by atomic mass is 35.5. The van der Waals surface area contributed by atoms with Gasteiger partial charge in [0, 0.05) is 40.4 Å². The molecule has 1 fully saturated rings. The molecule has 3 atom stereocenters. The van der Waals surface area contributed by atoms with Crippen LogP contribution in [0, 0.1) is 0 Å². The lowest BCUT2D eigenvalue weighted by molar-refractivity contribution is -0.118. The van der Waals surface area contributed by atoms with E-state index < -0.39 is 18.1 Å². The van der Waals surface area contributed by atoms with Crippen LogP contribution in [0.4, 0.5) is 10.5 Å². The molecular formula is C36H38ClN3O4S. The highest BCUT2D eigenvalue weighted by Gasteiger charge is 2.33. The summed E-state index contributed by atoms with van der Waals surface area (Å²) in [5.74, 6) is 0.0690. The lowest BCUT2D eigenvalue weighted by Crippen LogP contribution is -2.48. The van der Waals surface area contributed by atoms with Crippen molar-refractivity contribution in [3.63, 3.8) is 0 Å². The Morgan fingerprint density at radius 3 is 2.18 bits per heavy atom. The molecule has 9 heteroatoms. The van der Waals surface area contributed by atoms with Crippen molar-refractivity contribution in [1.29, 1.82) is 0 Å². The Bertz CT molecular complexity index is 1490. The second-order valence-corrected chi connectivity index (χ2v) is 12.4. The quantitative estimate of drug-likeness (QED) is 0.145. The van der Waals surface area contributed by atoms with Gasteiger partial charge < -0.3 is 25.4 Å². The van der Waals surface area contributed by atoms with Crippen molar-refractivity contribution >= 4 is 41.1 Å². The van der Waals surface area contributed by atoms with Gasteiger partial charge in [0.15, 0.2) is 0 Å². The molecule has 234 valence electrons. The number of nitrogens with one attached hydrogen (secondary N) is 3. The first-order valence-corrected chi connectivity index (χ1v) is 16.4. The third kappa shape index (κ3) is 9.34. The van der Waals surface area contributed by atoms with Gasteiger partial charge in [-0.25, -0.2) is 4.79 Å². The molecule has 0 saturated carbocycles. The second kappa shape index (κ2) is 16.5. The summed E-state index contributed by atoms with van der Waals surface area (Å²) >= 11 is 7.78. The Balaban J connectivity index is 1.27. The number of halogens is 1. The molecule has 7 nitrogen and oxygen atoms in total. The molecule has 5 rings (SSSR count). The predicted octanol–water partition coefficient (Wildman–Crippen LogP) is 6.92. The first-order valence-electron chi connectivity index (χ1n) is 15.1. The van der Waals surface area contributed by atoms with Crippen LogP contribution >= 0.6 is 23.4 Å². The van der Waals surface area contributed by atoms with E-state index in [0.29, 0.717) is 5.69 Å². The minimum absolute atomic E-state index is 0.0487. The van der Waals surface area contributed by atoms with Crippen molar-refractivity contribution in [2.45, 2.75) is 41.9 Å². The maximum absolute atomic E-state index is 14.0. The Morgan fingerprint density at radius 2 is 1.51 bits per heavy atom. The summed E-state index contributed by atoms with van der Waals surface area (Å²) in [6.07, 6.45) is 0.981. The number of amides is 2. The predicted molar refractivity (Wildman–Crippen MR) is 181 cm³/mol. The molecule has 1 aliphatic rings. The number of carbonyl (C=O) groups excluding carboxylic acids is 2. The number of methoxy groups -OCH3 is 1. The van der Waals surface area contributed by atoms with E-state index in [-0.39, 0.29) is 18.1 Å². The van der Waals surface area contributed by atoms with Gasteiger partial charge in [0.05, 0.1) is 19.3 Å². The van der Waals surface area contributed by atoms with E-state index in [4.69, 9.17) is 21.1 Å². The van der Waals surface area contributed by atoms with E-state index in [1.54, 1.807) is 11.8 Å². The number of hydrogen-bond donors (Lipinski definition) is 3. The average molecular weight is 644 g/mol. The molecule has 0 radical (unpaired) electrons. The molecule has 1 aliphatic heterocycles. The van der Waals surface area contributed by atoms with Crippen LogP contribution in [0.3, 0.4) is 0 Å². The molecule has 0 bridgehead atoms. The normalized spacial score (nSPS) is 17.0. The number of anilines is 1. The van der Waals surface area contributed by atoms with Gasteiger partial charge in [0.2, 0.25) is 5.91 Å². The molecule has 0 aromatic heterocycles. The van der Waals surface area contributed by atoms with E-state index in [1.165, 1.54) is 7.11 Å². The summed E-state index contributed by atoms with van der Waals surface area (Å²) in [6.45, 7) is 1.58. The highest BCUT2D eigenvalue weighted by molar-refractivity contribution is 7.99. The zero-order valence-corrected chi connectivity index (χ0v) is 26.7. The fourth-order valence-corrected chi connectivity index (χ4v) is 6.56. The molecule has 2 amide bonds. The van der Waals surface area contributed by atoms with Gasteiger partial charge in [0.25, 0.3) is 0 Å². The van der Waals surface area contributed by atoms with Gasteiger partial charge in [-0.1, -0.05) is 90.5 Å². The Morgan fingerprint density at radius 1 is 0.889 bits per heavy atom. The van der Waals surface area contributed by atoms with E-state index in [9.17, 15) is 9.59 Å². The van der Waals surface area contributed by atoms with Crippen molar-refractivity contribution in [2.75, 3.05) is 31.3 Å². The Kier molecular flexibility index (Phi) is 11.9. The largest absolute Gasteiger partial charge is 0.453 e. The molecular weight excluding hydrogens is 606 g/mol. The summed E-state index contributed by atoms with van der Waals surface area (Å²) in [6, 6.07) is 34.1. The molecule has 0 aliphatic carbocycles. The SMILES string of the molecule is COC(=O)N[C@H](C(=O)Nc1ccccc1CC[C@@H]1CNC[C@@H](CSc2ccc(Cl)cc2)O1)C(c1ccccc1)c1ccccc1. The summed E-state index contributed by atoms with van der Waals surface area (Å²) in [7, 11) is 1.29. The monoisotopic (exact) mass is 643 g/mol. The number of ether oxygens (including phenoxy) is 2. The first-order chi connectivity index (χ1) is 22.0. The zero-order chi connectivity index (χ0) is 31.4. The Labute approximate surface area is 274 Å². The summed E-state index contributed by atoms with van der Waals surface area (Å²) < 4.78 is 11.4. The molecule has 4 aromatic rings. The van der Waals surface area contributed by atoms with Crippen LogP contribution in [0.25, 0.3) is 0 Å². The van der Waals surface area contributed by atoms with Gasteiger partial charge >= 0.3 is 6.09 Å². The second-order valence-electron chi connectivity index (χ2n) is 10.9. The first kappa shape index (κ1) is 32.6. The van der Waals surface area contributed by atoms with Crippen LogP contribution in [0.1, 0.15) is 29.0 Å². The third-order valence-electron chi connectivity index (χ3n) is 7.78. The lowest BCUT2D eigenvalue weighted by atomic mass is 9.84. The minimum Gasteiger partial charge on any atom is -0.453 e. The molecule has 1 saturated heterocycles. The summed E-state index contributed by atoms with van der Waals surface area (Å²) in [4.78, 5) is 27.7. The fraction of sp³-hybridized carbons (Fsp3) is 0.278. The smallest absolute Gasteiger partial charge is 0.407 e. The number of carbonyl (C=O) groups is 2. The zero-order valence-electron chi connectivity index (χ0n) is 25.2. The van der Waals surface area contributed by atoms with Crippen molar-refractivity contribution in [3.05, 3.63) is 131 Å². The highest BCUT2D eigenvalue weighted by Crippen LogP contribution is 2.30. The van der Waals surface area contributed by atoms with Gasteiger partial charge in [-0.15, -0.1) is 11.8 Å². The van der Waals surface area contributed by atoms with Gasteiger partial charge in [0.1, 0.15) is 6.04 Å². The number of hydrogen-bond acceptors (Lipinski definition) is 6. The van der Waals surface area contributed by atoms with Gasteiger partial charge in [-0.05, 0) is 59.9 Å². The van der Waals surface area contributed by atoms with E-state index in [2.05, 4.69) is 16.0 Å². The van der Waals surface area contributed by atoms with E-state index >= 15 is 0 Å². The van der Waals surface area contributed by atoms with Crippen LogP contribution in [-0.2, 0) is 20.7 Å². The fourth-order valence-electron chi connectivity index (χ4n) is 5.53. The van der Waals surface area contributed by atoms with Crippen molar-refractivity contribution in [2.24, 2.45) is 0 Å². The minimum atomic E-state index is -0.930. The summed E-state index contributed by atoms with van der Waals surface area (Å²) in [5.41, 5.74) is 3.51. The van der Waals surface area contributed by atoms with Crippen molar-refractivity contribution in [1.82, 2.24) is 10.6 Å². The topological polar surface area (TPSA) is 88.7 Å². The van der Waals surface area contributed by atoms with Crippen LogP contribution < -0.4 is 16.0 Å². The molecule has 0 unspecified atom stereocenters. The number of aryl methyl sites for hydroxylation is 1. The number of rotatable bonds is 12. The molecule has 0 spiro atoms. The third-order valence-corrected chi connectivity index (χ3v) is 9.18. The number of morpholine rings is 1.